The van der Waals surface area contributed by atoms with Crippen LogP contribution in [-0.2, 0) is 4.74 Å². The lowest BCUT2D eigenvalue weighted by molar-refractivity contribution is -0.0587. The second-order valence-electron chi connectivity index (χ2n) is 4.40. The van der Waals surface area contributed by atoms with Crippen molar-refractivity contribution in [3.63, 3.8) is 0 Å². The Bertz CT molecular complexity index is 412. The summed E-state index contributed by atoms with van der Waals surface area (Å²) in [5, 5.41) is 0. The third-order valence-corrected chi connectivity index (χ3v) is 2.73. The number of anilines is 1. The maximum atomic E-state index is 12.2. The van der Waals surface area contributed by atoms with Gasteiger partial charge in [-0.2, -0.15) is 0 Å². The molecule has 1 saturated heterocycles. The number of hydrogen-bond donors (Lipinski definition) is 2. The van der Waals surface area contributed by atoms with Crippen LogP contribution >= 0.6 is 0 Å². The standard InChI is InChI=1S/C11H17N5O2/c1-7-5-16(6-8(2)18-7)11(17)9-3-14-10(15-12)4-13-9/h3-4,7-8H,5-6,12H2,1-2H3,(H,14,15). The van der Waals surface area contributed by atoms with Gasteiger partial charge in [0.15, 0.2) is 5.82 Å². The molecule has 18 heavy (non-hydrogen) atoms. The van der Waals surface area contributed by atoms with Crippen LogP contribution in [0.15, 0.2) is 12.4 Å². The zero-order valence-electron chi connectivity index (χ0n) is 10.5. The molecule has 1 aliphatic rings. The van der Waals surface area contributed by atoms with Crippen molar-refractivity contribution in [3.05, 3.63) is 18.1 Å². The first kappa shape index (κ1) is 12.7. The van der Waals surface area contributed by atoms with Crippen LogP contribution in [-0.4, -0.2) is 46.1 Å². The molecular formula is C11H17N5O2. The number of carbonyl (C=O) groups excluding carboxylic acids is 1. The average molecular weight is 251 g/mol. The molecule has 1 aromatic rings. The second-order valence-corrected chi connectivity index (χ2v) is 4.40. The van der Waals surface area contributed by atoms with E-state index < -0.39 is 0 Å². The van der Waals surface area contributed by atoms with E-state index in [0.717, 1.165) is 0 Å². The smallest absolute Gasteiger partial charge is 0.274 e. The molecule has 0 saturated carbocycles. The lowest BCUT2D eigenvalue weighted by Gasteiger charge is -2.35. The number of nitrogens with one attached hydrogen (secondary N) is 1. The fourth-order valence-corrected chi connectivity index (χ4v) is 2.02. The first-order valence-electron chi connectivity index (χ1n) is 5.83. The Balaban J connectivity index is 2.09. The molecule has 2 heterocycles. The zero-order chi connectivity index (χ0) is 13.1. The number of nitrogens with two attached hydrogens (primary N) is 1. The number of nitrogens with zero attached hydrogens (tertiary/aromatic N) is 3. The lowest BCUT2D eigenvalue weighted by atomic mass is 10.2. The van der Waals surface area contributed by atoms with Gasteiger partial charge >= 0.3 is 0 Å². The number of rotatable bonds is 2. The quantitative estimate of drug-likeness (QED) is 0.568. The summed E-state index contributed by atoms with van der Waals surface area (Å²) in [6, 6.07) is 0. The summed E-state index contributed by atoms with van der Waals surface area (Å²) >= 11 is 0. The molecule has 1 amide bonds. The Morgan fingerprint density at radius 3 is 2.56 bits per heavy atom. The maximum Gasteiger partial charge on any atom is 0.274 e. The molecular weight excluding hydrogens is 234 g/mol. The van der Waals surface area contributed by atoms with Crippen molar-refractivity contribution in [3.8, 4) is 0 Å². The van der Waals surface area contributed by atoms with E-state index in [0.29, 0.717) is 24.6 Å². The van der Waals surface area contributed by atoms with Gasteiger partial charge in [-0.3, -0.25) is 4.79 Å². The molecule has 7 nitrogen and oxygen atoms in total. The molecule has 1 aliphatic heterocycles. The average Bonchev–Trinajstić information content (AvgIpc) is 2.37. The van der Waals surface area contributed by atoms with Crippen LogP contribution in [0.3, 0.4) is 0 Å². The highest BCUT2D eigenvalue weighted by atomic mass is 16.5. The van der Waals surface area contributed by atoms with Gasteiger partial charge in [-0.15, -0.1) is 0 Å². The number of carbonyl (C=O) groups is 1. The number of aromatic nitrogens is 2. The van der Waals surface area contributed by atoms with Crippen LogP contribution in [0, 0.1) is 0 Å². The number of nitrogen functional groups attached to an aromatic ring is 1. The number of morpholine rings is 1. The topological polar surface area (TPSA) is 93.4 Å². The number of hydrogen-bond acceptors (Lipinski definition) is 6. The summed E-state index contributed by atoms with van der Waals surface area (Å²) in [6.07, 6.45) is 2.93. The molecule has 98 valence electrons. The maximum absolute atomic E-state index is 12.2. The van der Waals surface area contributed by atoms with Crippen molar-refractivity contribution >= 4 is 11.7 Å². The summed E-state index contributed by atoms with van der Waals surface area (Å²) in [5.41, 5.74) is 2.68. The summed E-state index contributed by atoms with van der Waals surface area (Å²) < 4.78 is 5.58. The normalized spacial score (nSPS) is 23.8. The van der Waals surface area contributed by atoms with Gasteiger partial charge in [0.05, 0.1) is 24.6 Å². The first-order chi connectivity index (χ1) is 8.60. The number of hydrazine groups is 1. The van der Waals surface area contributed by atoms with Crippen LogP contribution in [0.5, 0.6) is 0 Å². The van der Waals surface area contributed by atoms with E-state index >= 15 is 0 Å². The van der Waals surface area contributed by atoms with Crippen LogP contribution in [0.1, 0.15) is 24.3 Å². The highest BCUT2D eigenvalue weighted by Gasteiger charge is 2.27. The largest absolute Gasteiger partial charge is 0.372 e. The Morgan fingerprint density at radius 2 is 2.06 bits per heavy atom. The molecule has 0 aliphatic carbocycles. The third kappa shape index (κ3) is 2.74. The van der Waals surface area contributed by atoms with Crippen LogP contribution < -0.4 is 11.3 Å². The minimum absolute atomic E-state index is 0.0376. The highest BCUT2D eigenvalue weighted by Crippen LogP contribution is 2.13. The summed E-state index contributed by atoms with van der Waals surface area (Å²) in [7, 11) is 0. The van der Waals surface area contributed by atoms with Crippen molar-refractivity contribution in [1.29, 1.82) is 0 Å². The van der Waals surface area contributed by atoms with Crippen molar-refractivity contribution in [2.75, 3.05) is 18.5 Å². The van der Waals surface area contributed by atoms with Gasteiger partial charge in [-0.25, -0.2) is 15.8 Å². The molecule has 1 aromatic heterocycles. The Labute approximate surface area is 105 Å². The fourth-order valence-electron chi connectivity index (χ4n) is 2.02. The van der Waals surface area contributed by atoms with E-state index in [1.165, 1.54) is 12.4 Å². The Hall–Kier alpha value is -1.73. The van der Waals surface area contributed by atoms with Gasteiger partial charge in [0, 0.05) is 13.1 Å². The molecule has 2 atom stereocenters. The van der Waals surface area contributed by atoms with E-state index in [-0.39, 0.29) is 18.1 Å². The zero-order valence-corrected chi connectivity index (χ0v) is 10.5. The van der Waals surface area contributed by atoms with E-state index in [1.807, 2.05) is 13.8 Å². The van der Waals surface area contributed by atoms with Crippen molar-refractivity contribution in [1.82, 2.24) is 14.9 Å². The van der Waals surface area contributed by atoms with E-state index in [9.17, 15) is 4.79 Å². The molecule has 1 fully saturated rings. The van der Waals surface area contributed by atoms with E-state index in [2.05, 4.69) is 15.4 Å². The van der Waals surface area contributed by atoms with Crippen molar-refractivity contribution < 1.29 is 9.53 Å². The SMILES string of the molecule is CC1CN(C(=O)c2cnc(NN)cn2)CC(C)O1. The van der Waals surface area contributed by atoms with Crippen LogP contribution in [0.4, 0.5) is 5.82 Å². The lowest BCUT2D eigenvalue weighted by Crippen LogP contribution is -2.48. The number of amides is 1. The molecule has 2 rings (SSSR count). The third-order valence-electron chi connectivity index (χ3n) is 2.73. The predicted octanol–water partition coefficient (Wildman–Crippen LogP) is 0.0116. The molecule has 0 spiro atoms. The van der Waals surface area contributed by atoms with Gasteiger partial charge in [-0.05, 0) is 13.8 Å². The Kier molecular flexibility index (Phi) is 3.73. The molecule has 0 aromatic carbocycles. The monoisotopic (exact) mass is 251 g/mol. The van der Waals surface area contributed by atoms with Gasteiger partial charge in [0.2, 0.25) is 0 Å². The van der Waals surface area contributed by atoms with E-state index in [1.54, 1.807) is 4.90 Å². The molecule has 2 unspecified atom stereocenters. The van der Waals surface area contributed by atoms with Gasteiger partial charge < -0.3 is 15.1 Å². The van der Waals surface area contributed by atoms with Crippen molar-refractivity contribution in [2.24, 2.45) is 5.84 Å². The summed E-state index contributed by atoms with van der Waals surface area (Å²) in [4.78, 5) is 22.0. The minimum Gasteiger partial charge on any atom is -0.372 e. The Morgan fingerprint density at radius 1 is 1.39 bits per heavy atom. The van der Waals surface area contributed by atoms with Gasteiger partial charge in [0.1, 0.15) is 5.69 Å². The molecule has 7 heteroatoms. The van der Waals surface area contributed by atoms with Gasteiger partial charge in [-0.1, -0.05) is 0 Å². The van der Waals surface area contributed by atoms with Crippen molar-refractivity contribution in [2.45, 2.75) is 26.1 Å². The van der Waals surface area contributed by atoms with Crippen LogP contribution in [0.2, 0.25) is 0 Å². The summed E-state index contributed by atoms with van der Waals surface area (Å²) in [6.45, 7) is 5.04. The first-order valence-corrected chi connectivity index (χ1v) is 5.83. The molecule has 0 radical (unpaired) electrons. The second kappa shape index (κ2) is 5.28. The predicted molar refractivity (Wildman–Crippen MR) is 65.8 cm³/mol. The van der Waals surface area contributed by atoms with E-state index in [4.69, 9.17) is 10.6 Å². The highest BCUT2D eigenvalue weighted by molar-refractivity contribution is 5.92. The molecule has 0 bridgehead atoms. The summed E-state index contributed by atoms with van der Waals surface area (Å²) in [5.74, 6) is 5.49. The molecule has 3 N–H and O–H groups in total. The van der Waals surface area contributed by atoms with Gasteiger partial charge in [0.25, 0.3) is 5.91 Å². The van der Waals surface area contributed by atoms with Crippen LogP contribution in [0.25, 0.3) is 0 Å². The fraction of sp³-hybridized carbons (Fsp3) is 0.545. The number of ether oxygens (including phenoxy) is 1. The minimum atomic E-state index is -0.131.